The van der Waals surface area contributed by atoms with Crippen molar-refractivity contribution in [3.63, 3.8) is 0 Å². The lowest BCUT2D eigenvalue weighted by molar-refractivity contribution is -0.115. The number of anilines is 1. The fourth-order valence-corrected chi connectivity index (χ4v) is 1.86. The minimum absolute atomic E-state index is 0.0607. The van der Waals surface area contributed by atoms with Gasteiger partial charge in [0.15, 0.2) is 5.78 Å². The van der Waals surface area contributed by atoms with Crippen LogP contribution in [0.5, 0.6) is 0 Å². The number of Topliss-reactive ketones (excluding diaryl/α,β-unsaturated/α-hetero) is 1. The minimum Gasteiger partial charge on any atom is -0.343 e. The number of hydrogen-bond acceptors (Lipinski definition) is 3. The van der Waals surface area contributed by atoms with Gasteiger partial charge in [0, 0.05) is 16.8 Å². The van der Waals surface area contributed by atoms with Gasteiger partial charge in [-0.2, -0.15) is 0 Å². The molecule has 2 aromatic carbocycles. The molecule has 0 spiro atoms. The molecule has 23 heavy (non-hydrogen) atoms. The van der Waals surface area contributed by atoms with Crippen LogP contribution in [0.25, 0.3) is 0 Å². The second-order valence-corrected chi connectivity index (χ2v) is 4.87. The fourth-order valence-electron chi connectivity index (χ4n) is 1.86. The Bertz CT molecular complexity index is 725. The quantitative estimate of drug-likeness (QED) is 0.832. The topological polar surface area (TPSA) is 75.3 Å². The molecule has 0 radical (unpaired) electrons. The molecule has 5 nitrogen and oxygen atoms in total. The highest BCUT2D eigenvalue weighted by Crippen LogP contribution is 2.09. The van der Waals surface area contributed by atoms with Crippen LogP contribution in [0.3, 0.4) is 0 Å². The first-order valence-corrected chi connectivity index (χ1v) is 6.90. The van der Waals surface area contributed by atoms with Crippen LogP contribution >= 0.6 is 0 Å². The highest BCUT2D eigenvalue weighted by Gasteiger charge is 2.08. The van der Waals surface area contributed by atoms with Crippen LogP contribution in [0, 0.1) is 5.82 Å². The van der Waals surface area contributed by atoms with Crippen molar-refractivity contribution in [3.05, 3.63) is 65.5 Å². The van der Waals surface area contributed by atoms with Crippen LogP contribution in [0.1, 0.15) is 27.6 Å². The zero-order chi connectivity index (χ0) is 16.8. The van der Waals surface area contributed by atoms with Crippen LogP contribution in [0.4, 0.5) is 10.1 Å². The number of ketones is 1. The predicted molar refractivity (Wildman–Crippen MR) is 83.8 cm³/mol. The number of carbonyl (C=O) groups is 3. The third kappa shape index (κ3) is 4.74. The standard InChI is InChI=1S/C17H15FN2O3/c1-11(21)12-4-8-15(9-5-12)20-16(22)10-19-17(23)13-2-6-14(18)7-3-13/h2-9H,10H2,1H3,(H,19,23)(H,20,22). The van der Waals surface area contributed by atoms with Crippen molar-refractivity contribution in [2.24, 2.45) is 0 Å². The first-order chi connectivity index (χ1) is 11.0. The van der Waals surface area contributed by atoms with Crippen LogP contribution in [0.2, 0.25) is 0 Å². The molecule has 2 rings (SSSR count). The molecule has 2 N–H and O–H groups in total. The lowest BCUT2D eigenvalue weighted by Gasteiger charge is -2.07. The SMILES string of the molecule is CC(=O)c1ccc(NC(=O)CNC(=O)c2ccc(F)cc2)cc1. The third-order valence-electron chi connectivity index (χ3n) is 3.09. The van der Waals surface area contributed by atoms with Gasteiger partial charge in [0.1, 0.15) is 5.82 Å². The Balaban J connectivity index is 1.86. The second kappa shape index (κ2) is 7.31. The van der Waals surface area contributed by atoms with Gasteiger partial charge in [-0.15, -0.1) is 0 Å². The summed E-state index contributed by atoms with van der Waals surface area (Å²) in [5.74, 6) is -1.37. The average Bonchev–Trinajstić information content (AvgIpc) is 2.54. The lowest BCUT2D eigenvalue weighted by atomic mass is 10.1. The molecule has 0 aliphatic heterocycles. The summed E-state index contributed by atoms with van der Waals surface area (Å²) in [6, 6.07) is 11.4. The van der Waals surface area contributed by atoms with Gasteiger partial charge in [-0.05, 0) is 55.5 Å². The van der Waals surface area contributed by atoms with Crippen molar-refractivity contribution in [2.45, 2.75) is 6.92 Å². The largest absolute Gasteiger partial charge is 0.343 e. The van der Waals surface area contributed by atoms with E-state index in [1.54, 1.807) is 24.3 Å². The maximum absolute atomic E-state index is 12.8. The predicted octanol–water partition coefficient (Wildman–Crippen LogP) is 2.40. The van der Waals surface area contributed by atoms with E-state index < -0.39 is 17.6 Å². The van der Waals surface area contributed by atoms with Gasteiger partial charge in [-0.1, -0.05) is 0 Å². The summed E-state index contributed by atoms with van der Waals surface area (Å²) < 4.78 is 12.8. The average molecular weight is 314 g/mol. The number of halogens is 1. The summed E-state index contributed by atoms with van der Waals surface area (Å²) >= 11 is 0. The van der Waals surface area contributed by atoms with Gasteiger partial charge in [0.2, 0.25) is 5.91 Å². The molecule has 0 bridgehead atoms. The van der Waals surface area contributed by atoms with Gasteiger partial charge >= 0.3 is 0 Å². The Morgan fingerprint density at radius 2 is 1.48 bits per heavy atom. The van der Waals surface area contributed by atoms with Gasteiger partial charge < -0.3 is 10.6 Å². The Labute approximate surface area is 132 Å². The van der Waals surface area contributed by atoms with E-state index in [2.05, 4.69) is 10.6 Å². The van der Waals surface area contributed by atoms with E-state index in [-0.39, 0.29) is 17.9 Å². The molecule has 0 aliphatic carbocycles. The zero-order valence-electron chi connectivity index (χ0n) is 12.4. The summed E-state index contributed by atoms with van der Waals surface area (Å²) in [5.41, 5.74) is 1.34. The number of rotatable bonds is 5. The van der Waals surface area contributed by atoms with E-state index in [0.29, 0.717) is 11.3 Å². The van der Waals surface area contributed by atoms with Crippen LogP contribution in [-0.4, -0.2) is 24.1 Å². The molecule has 0 atom stereocenters. The Hall–Kier alpha value is -3.02. The van der Waals surface area contributed by atoms with Crippen molar-refractivity contribution in [1.82, 2.24) is 5.32 Å². The molecule has 118 valence electrons. The first kappa shape index (κ1) is 16.4. The molecule has 2 amide bonds. The van der Waals surface area contributed by atoms with E-state index in [4.69, 9.17) is 0 Å². The summed E-state index contributed by atoms with van der Waals surface area (Å²) in [7, 11) is 0. The molecule has 0 fully saturated rings. The molecule has 2 aromatic rings. The number of hydrogen-bond donors (Lipinski definition) is 2. The summed E-state index contributed by atoms with van der Waals surface area (Å²) in [5, 5.41) is 5.04. The fraction of sp³-hybridized carbons (Fsp3) is 0.118. The molecular formula is C17H15FN2O3. The monoisotopic (exact) mass is 314 g/mol. The van der Waals surface area contributed by atoms with Crippen LogP contribution in [-0.2, 0) is 4.79 Å². The molecule has 0 saturated heterocycles. The van der Waals surface area contributed by atoms with Crippen LogP contribution < -0.4 is 10.6 Å². The zero-order valence-corrected chi connectivity index (χ0v) is 12.4. The van der Waals surface area contributed by atoms with Gasteiger partial charge in [-0.25, -0.2) is 4.39 Å². The molecular weight excluding hydrogens is 299 g/mol. The Morgan fingerprint density at radius 3 is 2.04 bits per heavy atom. The van der Waals surface area contributed by atoms with Crippen molar-refractivity contribution >= 4 is 23.3 Å². The Kier molecular flexibility index (Phi) is 5.19. The van der Waals surface area contributed by atoms with Crippen molar-refractivity contribution in [3.8, 4) is 0 Å². The van der Waals surface area contributed by atoms with Gasteiger partial charge in [-0.3, -0.25) is 14.4 Å². The molecule has 0 heterocycles. The number of amides is 2. The smallest absolute Gasteiger partial charge is 0.251 e. The molecule has 0 aromatic heterocycles. The van der Waals surface area contributed by atoms with E-state index in [1.165, 1.54) is 31.2 Å². The molecule has 6 heteroatoms. The van der Waals surface area contributed by atoms with Crippen molar-refractivity contribution < 1.29 is 18.8 Å². The lowest BCUT2D eigenvalue weighted by Crippen LogP contribution is -2.32. The number of nitrogens with one attached hydrogen (secondary N) is 2. The second-order valence-electron chi connectivity index (χ2n) is 4.87. The maximum Gasteiger partial charge on any atom is 0.251 e. The van der Waals surface area contributed by atoms with E-state index >= 15 is 0 Å². The normalized spacial score (nSPS) is 10.0. The minimum atomic E-state index is -0.466. The van der Waals surface area contributed by atoms with E-state index in [9.17, 15) is 18.8 Å². The summed E-state index contributed by atoms with van der Waals surface area (Å²) in [4.78, 5) is 34.7. The number of carbonyl (C=O) groups excluding carboxylic acids is 3. The van der Waals surface area contributed by atoms with Crippen molar-refractivity contribution in [2.75, 3.05) is 11.9 Å². The summed E-state index contributed by atoms with van der Waals surface area (Å²) in [6.07, 6.45) is 0. The third-order valence-corrected chi connectivity index (χ3v) is 3.09. The Morgan fingerprint density at radius 1 is 0.913 bits per heavy atom. The van der Waals surface area contributed by atoms with Crippen LogP contribution in [0.15, 0.2) is 48.5 Å². The summed E-state index contributed by atoms with van der Waals surface area (Å²) in [6.45, 7) is 1.24. The molecule has 0 aliphatic rings. The highest BCUT2D eigenvalue weighted by molar-refractivity contribution is 5.99. The number of benzene rings is 2. The molecule has 0 unspecified atom stereocenters. The van der Waals surface area contributed by atoms with Crippen molar-refractivity contribution in [1.29, 1.82) is 0 Å². The van der Waals surface area contributed by atoms with Gasteiger partial charge in [0.25, 0.3) is 5.91 Å². The van der Waals surface area contributed by atoms with E-state index in [1.807, 2.05) is 0 Å². The molecule has 0 saturated carbocycles. The van der Waals surface area contributed by atoms with E-state index in [0.717, 1.165) is 0 Å². The highest BCUT2D eigenvalue weighted by atomic mass is 19.1. The van der Waals surface area contributed by atoms with Gasteiger partial charge in [0.05, 0.1) is 6.54 Å². The first-order valence-electron chi connectivity index (χ1n) is 6.90. The maximum atomic E-state index is 12.8.